The minimum absolute atomic E-state index is 0.228. The van der Waals surface area contributed by atoms with Gasteiger partial charge in [0.2, 0.25) is 11.7 Å². The predicted molar refractivity (Wildman–Crippen MR) is 109 cm³/mol. The fraction of sp³-hybridized carbons (Fsp3) is 0.333. The second-order valence-electron chi connectivity index (χ2n) is 6.76. The smallest absolute Gasteiger partial charge is 0.241 e. The van der Waals surface area contributed by atoms with Crippen molar-refractivity contribution >= 4 is 15.9 Å². The Hall–Kier alpha value is -2.38. The van der Waals surface area contributed by atoms with Gasteiger partial charge in [-0.1, -0.05) is 33.2 Å². The minimum atomic E-state index is 0.228. The van der Waals surface area contributed by atoms with Crippen LogP contribution in [0.4, 0.5) is 0 Å². The van der Waals surface area contributed by atoms with Gasteiger partial charge >= 0.3 is 0 Å². The van der Waals surface area contributed by atoms with E-state index in [1.807, 2.05) is 36.4 Å². The summed E-state index contributed by atoms with van der Waals surface area (Å²) in [6, 6.07) is 14.1. The Bertz CT molecular complexity index is 960. The fourth-order valence-electron chi connectivity index (χ4n) is 3.71. The molecule has 2 heterocycles. The molecule has 3 aromatic rings. The summed E-state index contributed by atoms with van der Waals surface area (Å²) in [5, 5.41) is 4.15. The van der Waals surface area contributed by atoms with E-state index in [0.29, 0.717) is 18.3 Å². The van der Waals surface area contributed by atoms with Crippen LogP contribution >= 0.6 is 15.9 Å². The lowest BCUT2D eigenvalue weighted by atomic mass is 10.0. The average Bonchev–Trinajstić information content (AvgIpc) is 3.37. The van der Waals surface area contributed by atoms with Crippen LogP contribution in [-0.4, -0.2) is 35.8 Å². The lowest BCUT2D eigenvalue weighted by Crippen LogP contribution is -2.23. The van der Waals surface area contributed by atoms with Crippen LogP contribution in [-0.2, 0) is 6.54 Å². The molecule has 1 aliphatic heterocycles. The summed E-state index contributed by atoms with van der Waals surface area (Å²) < 4.78 is 17.5. The Morgan fingerprint density at radius 3 is 2.86 bits per heavy atom. The number of rotatable bonds is 6. The lowest BCUT2D eigenvalue weighted by Gasteiger charge is -2.25. The highest BCUT2D eigenvalue weighted by Crippen LogP contribution is 2.39. The van der Waals surface area contributed by atoms with Gasteiger partial charge in [0.15, 0.2) is 0 Å². The summed E-state index contributed by atoms with van der Waals surface area (Å²) in [4.78, 5) is 6.95. The van der Waals surface area contributed by atoms with E-state index < -0.39 is 0 Å². The number of likely N-dealkylation sites (tertiary alicyclic amines) is 1. The van der Waals surface area contributed by atoms with Crippen molar-refractivity contribution in [3.8, 4) is 22.9 Å². The molecular weight excluding hydrogens is 422 g/mol. The molecule has 6 nitrogen and oxygen atoms in total. The molecule has 1 aromatic heterocycles. The molecular formula is C21H22BrN3O3. The van der Waals surface area contributed by atoms with Crippen LogP contribution in [0.2, 0.25) is 0 Å². The summed E-state index contributed by atoms with van der Waals surface area (Å²) in [7, 11) is 3.38. The molecule has 0 radical (unpaired) electrons. The standard InChI is InChI=1S/C21H22BrN3O3/c1-26-16-8-9-19(27-2)17(12-16)18-7-4-10-25(18)13-20-23-21(24-28-20)14-5-3-6-15(22)11-14/h3,5-6,8-9,11-12,18H,4,7,10,13H2,1-2H3/t18-/m0/s1. The third-order valence-electron chi connectivity index (χ3n) is 5.05. The molecule has 146 valence electrons. The zero-order chi connectivity index (χ0) is 19.5. The minimum Gasteiger partial charge on any atom is -0.497 e. The maximum atomic E-state index is 5.59. The van der Waals surface area contributed by atoms with Crippen LogP contribution < -0.4 is 9.47 Å². The van der Waals surface area contributed by atoms with Crippen molar-refractivity contribution in [2.45, 2.75) is 25.4 Å². The molecule has 0 bridgehead atoms. The third kappa shape index (κ3) is 3.91. The Morgan fingerprint density at radius 2 is 2.07 bits per heavy atom. The Balaban J connectivity index is 1.55. The molecule has 1 fully saturated rings. The van der Waals surface area contributed by atoms with Crippen LogP contribution in [0, 0.1) is 0 Å². The van der Waals surface area contributed by atoms with E-state index in [0.717, 1.165) is 46.5 Å². The first-order chi connectivity index (χ1) is 13.7. The van der Waals surface area contributed by atoms with Crippen LogP contribution in [0.15, 0.2) is 51.5 Å². The normalized spacial score (nSPS) is 17.0. The van der Waals surface area contributed by atoms with Gasteiger partial charge in [-0.2, -0.15) is 4.98 Å². The largest absolute Gasteiger partial charge is 0.497 e. The first-order valence-electron chi connectivity index (χ1n) is 9.22. The van der Waals surface area contributed by atoms with Crippen molar-refractivity contribution in [3.63, 3.8) is 0 Å². The van der Waals surface area contributed by atoms with Gasteiger partial charge in [-0.15, -0.1) is 0 Å². The average molecular weight is 444 g/mol. The molecule has 0 unspecified atom stereocenters. The Labute approximate surface area is 172 Å². The summed E-state index contributed by atoms with van der Waals surface area (Å²) in [5.41, 5.74) is 2.06. The van der Waals surface area contributed by atoms with Crippen LogP contribution in [0.25, 0.3) is 11.4 Å². The van der Waals surface area contributed by atoms with E-state index >= 15 is 0 Å². The maximum Gasteiger partial charge on any atom is 0.241 e. The van der Waals surface area contributed by atoms with Crippen LogP contribution in [0.3, 0.4) is 0 Å². The van der Waals surface area contributed by atoms with E-state index in [-0.39, 0.29) is 6.04 Å². The molecule has 0 spiro atoms. The van der Waals surface area contributed by atoms with E-state index in [1.54, 1.807) is 14.2 Å². The number of ether oxygens (including phenoxy) is 2. The van der Waals surface area contributed by atoms with Crippen LogP contribution in [0.1, 0.15) is 30.3 Å². The highest BCUT2D eigenvalue weighted by Gasteiger charge is 2.30. The van der Waals surface area contributed by atoms with E-state index in [1.165, 1.54) is 0 Å². The highest BCUT2D eigenvalue weighted by atomic mass is 79.9. The molecule has 0 aliphatic carbocycles. The SMILES string of the molecule is COc1ccc(OC)c([C@@H]2CCCN2Cc2nc(-c3cccc(Br)c3)no2)c1. The monoisotopic (exact) mass is 443 g/mol. The summed E-state index contributed by atoms with van der Waals surface area (Å²) in [5.74, 6) is 2.92. The molecule has 28 heavy (non-hydrogen) atoms. The number of aromatic nitrogens is 2. The van der Waals surface area contributed by atoms with Crippen molar-refractivity contribution in [2.75, 3.05) is 20.8 Å². The lowest BCUT2D eigenvalue weighted by molar-refractivity contribution is 0.209. The van der Waals surface area contributed by atoms with Crippen molar-refractivity contribution in [2.24, 2.45) is 0 Å². The van der Waals surface area contributed by atoms with Crippen LogP contribution in [0.5, 0.6) is 11.5 Å². The molecule has 0 N–H and O–H groups in total. The summed E-state index contributed by atoms with van der Waals surface area (Å²) >= 11 is 3.48. The number of hydrogen-bond donors (Lipinski definition) is 0. The first kappa shape index (κ1) is 19.0. The molecule has 1 saturated heterocycles. The first-order valence-corrected chi connectivity index (χ1v) is 10.0. The van der Waals surface area contributed by atoms with Crippen molar-refractivity contribution < 1.29 is 14.0 Å². The summed E-state index contributed by atoms with van der Waals surface area (Å²) in [6.07, 6.45) is 2.16. The number of nitrogens with zero attached hydrogens (tertiary/aromatic N) is 3. The van der Waals surface area contributed by atoms with Gasteiger partial charge in [0.05, 0.1) is 20.8 Å². The zero-order valence-electron chi connectivity index (χ0n) is 15.9. The van der Waals surface area contributed by atoms with Gasteiger partial charge < -0.3 is 14.0 Å². The molecule has 4 rings (SSSR count). The molecule has 0 amide bonds. The fourth-order valence-corrected chi connectivity index (χ4v) is 4.10. The van der Waals surface area contributed by atoms with Crippen molar-refractivity contribution in [1.82, 2.24) is 15.0 Å². The van der Waals surface area contributed by atoms with Gasteiger partial charge in [0.25, 0.3) is 0 Å². The second kappa shape index (κ2) is 8.32. The molecule has 1 atom stereocenters. The number of halogens is 1. The third-order valence-corrected chi connectivity index (χ3v) is 5.54. The molecule has 7 heteroatoms. The number of hydrogen-bond acceptors (Lipinski definition) is 6. The van der Waals surface area contributed by atoms with E-state index in [9.17, 15) is 0 Å². The Kier molecular flexibility index (Phi) is 5.64. The summed E-state index contributed by atoms with van der Waals surface area (Å²) in [6.45, 7) is 1.58. The van der Waals surface area contributed by atoms with E-state index in [2.05, 4.69) is 37.0 Å². The Morgan fingerprint density at radius 1 is 1.18 bits per heavy atom. The van der Waals surface area contributed by atoms with Crippen molar-refractivity contribution in [3.05, 3.63) is 58.4 Å². The predicted octanol–water partition coefficient (Wildman–Crippen LogP) is 4.85. The topological polar surface area (TPSA) is 60.6 Å². The quantitative estimate of drug-likeness (QED) is 0.542. The number of methoxy groups -OCH3 is 2. The van der Waals surface area contributed by atoms with Gasteiger partial charge in [-0.05, 0) is 49.7 Å². The van der Waals surface area contributed by atoms with E-state index in [4.69, 9.17) is 14.0 Å². The molecule has 1 aliphatic rings. The second-order valence-corrected chi connectivity index (χ2v) is 7.67. The van der Waals surface area contributed by atoms with Gasteiger partial charge in [-0.3, -0.25) is 4.90 Å². The van der Waals surface area contributed by atoms with Gasteiger partial charge in [0.1, 0.15) is 11.5 Å². The highest BCUT2D eigenvalue weighted by molar-refractivity contribution is 9.10. The maximum absolute atomic E-state index is 5.59. The van der Waals surface area contributed by atoms with Gasteiger partial charge in [0, 0.05) is 21.6 Å². The number of benzene rings is 2. The van der Waals surface area contributed by atoms with Crippen molar-refractivity contribution in [1.29, 1.82) is 0 Å². The zero-order valence-corrected chi connectivity index (χ0v) is 17.5. The molecule has 2 aromatic carbocycles. The van der Waals surface area contributed by atoms with Gasteiger partial charge in [-0.25, -0.2) is 0 Å². The molecule has 0 saturated carbocycles.